The van der Waals surface area contributed by atoms with Gasteiger partial charge >= 0.3 is 12.1 Å². The van der Waals surface area contributed by atoms with E-state index in [1.165, 1.54) is 0 Å². The molecule has 0 radical (unpaired) electrons. The number of ether oxygens (including phenoxy) is 1. The summed E-state index contributed by atoms with van der Waals surface area (Å²) in [6.07, 6.45) is 10.2. The van der Waals surface area contributed by atoms with E-state index in [2.05, 4.69) is 15.3 Å². The number of hydrogen-bond acceptors (Lipinski definition) is 5. The van der Waals surface area contributed by atoms with Gasteiger partial charge in [0.1, 0.15) is 5.60 Å². The van der Waals surface area contributed by atoms with E-state index in [9.17, 15) is 9.59 Å². The number of urea groups is 1. The Morgan fingerprint density at radius 1 is 1.08 bits per heavy atom. The van der Waals surface area contributed by atoms with E-state index in [1.54, 1.807) is 23.2 Å². The van der Waals surface area contributed by atoms with E-state index in [1.807, 2.05) is 54.6 Å². The summed E-state index contributed by atoms with van der Waals surface area (Å²) in [7, 11) is 0. The minimum absolute atomic E-state index is 0.0990. The van der Waals surface area contributed by atoms with Crippen molar-refractivity contribution in [1.82, 2.24) is 24.2 Å². The summed E-state index contributed by atoms with van der Waals surface area (Å²) < 4.78 is 7.35. The second kappa shape index (κ2) is 10.0. The van der Waals surface area contributed by atoms with Crippen molar-refractivity contribution >= 4 is 40.8 Å². The molecule has 1 fully saturated rings. The fourth-order valence-electron chi connectivity index (χ4n) is 4.53. The number of rotatable bonds is 3. The van der Waals surface area contributed by atoms with E-state index < -0.39 is 5.60 Å². The molecule has 0 saturated carbocycles. The van der Waals surface area contributed by atoms with Crippen LogP contribution in [-0.2, 0) is 4.74 Å². The molecule has 4 heterocycles. The van der Waals surface area contributed by atoms with Crippen LogP contribution in [-0.4, -0.2) is 68.1 Å². The fourth-order valence-corrected chi connectivity index (χ4v) is 4.74. The van der Waals surface area contributed by atoms with Crippen LogP contribution in [0.15, 0.2) is 42.9 Å². The zero-order valence-electron chi connectivity index (χ0n) is 21.3. The Morgan fingerprint density at radius 2 is 1.86 bits per heavy atom. The number of fused-ring (bicyclic) bond motifs is 1. The number of aromatic nitrogens is 3. The summed E-state index contributed by atoms with van der Waals surface area (Å²) in [6.45, 7) is 8.23. The highest BCUT2D eigenvalue weighted by atomic mass is 35.5. The summed E-state index contributed by atoms with van der Waals surface area (Å²) in [5.41, 5.74) is 3.63. The minimum atomic E-state index is -0.517. The molecule has 2 aliphatic rings. The molecule has 0 spiro atoms. The van der Waals surface area contributed by atoms with Gasteiger partial charge in [0.15, 0.2) is 0 Å². The first-order valence-electron chi connectivity index (χ1n) is 12.5. The van der Waals surface area contributed by atoms with E-state index in [4.69, 9.17) is 16.3 Å². The lowest BCUT2D eigenvalue weighted by Gasteiger charge is -2.29. The quantitative estimate of drug-likeness (QED) is 0.476. The van der Waals surface area contributed by atoms with Crippen LogP contribution < -0.4 is 5.32 Å². The maximum atomic E-state index is 12.5. The summed E-state index contributed by atoms with van der Waals surface area (Å²) in [5, 5.41) is 3.51. The number of likely N-dealkylation sites (tertiary alicyclic amines) is 1. The van der Waals surface area contributed by atoms with Crippen LogP contribution in [0, 0.1) is 0 Å². The van der Waals surface area contributed by atoms with Crippen molar-refractivity contribution in [2.45, 2.75) is 45.6 Å². The van der Waals surface area contributed by atoms with Crippen LogP contribution in [0.5, 0.6) is 0 Å². The van der Waals surface area contributed by atoms with Crippen molar-refractivity contribution in [3.8, 4) is 11.3 Å². The molecule has 3 aromatic rings. The minimum Gasteiger partial charge on any atom is -0.444 e. The van der Waals surface area contributed by atoms with Crippen LogP contribution in [0.1, 0.15) is 45.6 Å². The predicted molar refractivity (Wildman–Crippen MR) is 144 cm³/mol. The second-order valence-electron chi connectivity index (χ2n) is 10.4. The topological polar surface area (TPSA) is 92.1 Å². The van der Waals surface area contributed by atoms with Crippen molar-refractivity contribution in [3.05, 3.63) is 53.5 Å². The van der Waals surface area contributed by atoms with Crippen LogP contribution >= 0.6 is 11.6 Å². The van der Waals surface area contributed by atoms with Gasteiger partial charge in [0.2, 0.25) is 5.78 Å². The Balaban J connectivity index is 1.33. The van der Waals surface area contributed by atoms with E-state index in [0.717, 1.165) is 42.6 Å². The molecular weight excluding hydrogens is 492 g/mol. The standard InChI is InChI=1S/C27H31ClN6O3/c1-27(2,3)37-26(36)33-12-8-18(9-13-33)19-15-29-24-31-23(17-34(24)16-19)21-14-20(6-7-22(21)28)30-25(35)32-10-4-5-11-32/h6-8,14-17H,4-5,9-13H2,1-3H3,(H,30,35). The maximum Gasteiger partial charge on any atom is 0.410 e. The summed E-state index contributed by atoms with van der Waals surface area (Å²) in [6, 6.07) is 5.30. The van der Waals surface area contributed by atoms with Crippen LogP contribution in [0.4, 0.5) is 15.3 Å². The Kier molecular flexibility index (Phi) is 6.81. The number of anilines is 1. The molecule has 5 rings (SSSR count). The average Bonchev–Trinajstić information content (AvgIpc) is 3.54. The van der Waals surface area contributed by atoms with Gasteiger partial charge in [-0.3, -0.25) is 4.40 Å². The van der Waals surface area contributed by atoms with Gasteiger partial charge in [-0.05, 0) is 63.8 Å². The highest BCUT2D eigenvalue weighted by molar-refractivity contribution is 6.33. The third-order valence-corrected chi connectivity index (χ3v) is 6.76. The van der Waals surface area contributed by atoms with Gasteiger partial charge in [0.05, 0.1) is 10.7 Å². The number of amides is 3. The van der Waals surface area contributed by atoms with Gasteiger partial charge in [-0.2, -0.15) is 0 Å². The number of nitrogens with one attached hydrogen (secondary N) is 1. The third-order valence-electron chi connectivity index (χ3n) is 6.43. The molecule has 0 aliphatic carbocycles. The van der Waals surface area contributed by atoms with Crippen molar-refractivity contribution in [2.24, 2.45) is 0 Å². The SMILES string of the molecule is CC(C)(C)OC(=O)N1CC=C(c2cnc3nc(-c4cc(NC(=O)N5CCCC5)ccc4Cl)cn3c2)CC1. The summed E-state index contributed by atoms with van der Waals surface area (Å²) in [4.78, 5) is 37.6. The molecule has 0 bridgehead atoms. The average molecular weight is 523 g/mol. The van der Waals surface area contributed by atoms with Gasteiger partial charge in [0.25, 0.3) is 0 Å². The number of carbonyl (C=O) groups is 2. The molecular formula is C27H31ClN6O3. The number of halogens is 1. The first kappa shape index (κ1) is 25.1. The number of nitrogens with zero attached hydrogens (tertiary/aromatic N) is 5. The van der Waals surface area contributed by atoms with Crippen molar-refractivity contribution < 1.29 is 14.3 Å². The largest absolute Gasteiger partial charge is 0.444 e. The summed E-state index contributed by atoms with van der Waals surface area (Å²) in [5.74, 6) is 0.549. The predicted octanol–water partition coefficient (Wildman–Crippen LogP) is 5.70. The van der Waals surface area contributed by atoms with E-state index >= 15 is 0 Å². The number of hydrogen-bond donors (Lipinski definition) is 1. The lowest BCUT2D eigenvalue weighted by atomic mass is 10.0. The van der Waals surface area contributed by atoms with Crippen LogP contribution in [0.2, 0.25) is 5.02 Å². The summed E-state index contributed by atoms with van der Waals surface area (Å²) >= 11 is 6.51. The fraction of sp³-hybridized carbons (Fsp3) is 0.407. The highest BCUT2D eigenvalue weighted by Crippen LogP contribution is 2.31. The van der Waals surface area contributed by atoms with Crippen molar-refractivity contribution in [2.75, 3.05) is 31.5 Å². The Bertz CT molecular complexity index is 1370. The molecule has 1 N–H and O–H groups in total. The Labute approximate surface area is 221 Å². The smallest absolute Gasteiger partial charge is 0.410 e. The number of carbonyl (C=O) groups excluding carboxylic acids is 2. The third kappa shape index (κ3) is 5.72. The maximum absolute atomic E-state index is 12.5. The van der Waals surface area contributed by atoms with E-state index in [-0.39, 0.29) is 12.1 Å². The van der Waals surface area contributed by atoms with Crippen LogP contribution in [0.3, 0.4) is 0 Å². The molecule has 1 saturated heterocycles. The molecule has 2 aromatic heterocycles. The monoisotopic (exact) mass is 522 g/mol. The molecule has 1 aromatic carbocycles. The zero-order chi connectivity index (χ0) is 26.2. The second-order valence-corrected chi connectivity index (χ2v) is 10.8. The Morgan fingerprint density at radius 3 is 2.57 bits per heavy atom. The van der Waals surface area contributed by atoms with Gasteiger partial charge in [-0.15, -0.1) is 0 Å². The highest BCUT2D eigenvalue weighted by Gasteiger charge is 2.24. The molecule has 37 heavy (non-hydrogen) atoms. The van der Waals surface area contributed by atoms with Gasteiger partial charge < -0.3 is 19.9 Å². The molecule has 9 nitrogen and oxygen atoms in total. The van der Waals surface area contributed by atoms with Crippen molar-refractivity contribution in [1.29, 1.82) is 0 Å². The lowest BCUT2D eigenvalue weighted by Crippen LogP contribution is -2.39. The molecule has 2 aliphatic heterocycles. The zero-order valence-corrected chi connectivity index (χ0v) is 22.1. The first-order valence-corrected chi connectivity index (χ1v) is 12.9. The molecule has 0 atom stereocenters. The van der Waals surface area contributed by atoms with Gasteiger partial charge in [0, 0.05) is 61.6 Å². The van der Waals surface area contributed by atoms with Crippen LogP contribution in [0.25, 0.3) is 22.6 Å². The number of imidazole rings is 1. The first-order chi connectivity index (χ1) is 17.7. The van der Waals surface area contributed by atoms with Gasteiger partial charge in [-0.25, -0.2) is 19.6 Å². The molecule has 194 valence electrons. The number of benzene rings is 1. The van der Waals surface area contributed by atoms with Crippen molar-refractivity contribution in [3.63, 3.8) is 0 Å². The van der Waals surface area contributed by atoms with Gasteiger partial charge in [-0.1, -0.05) is 17.7 Å². The Hall–Kier alpha value is -3.59. The molecule has 3 amide bonds. The molecule has 10 heteroatoms. The van der Waals surface area contributed by atoms with E-state index in [0.29, 0.717) is 41.7 Å². The molecule has 0 unspecified atom stereocenters. The normalized spacial score (nSPS) is 16.2. The lowest BCUT2D eigenvalue weighted by molar-refractivity contribution is 0.0270.